The molecule has 0 fully saturated rings. The molecule has 0 aliphatic carbocycles. The molecular formula is C10H12N2O4. The van der Waals surface area contributed by atoms with E-state index in [1.807, 2.05) is 0 Å². The lowest BCUT2D eigenvalue weighted by Crippen LogP contribution is -2.27. The van der Waals surface area contributed by atoms with E-state index in [-0.39, 0.29) is 13.2 Å². The Morgan fingerprint density at radius 1 is 1.38 bits per heavy atom. The second-order valence-corrected chi connectivity index (χ2v) is 3.43. The summed E-state index contributed by atoms with van der Waals surface area (Å²) in [6.45, 7) is -0.350. The minimum atomic E-state index is -0.506. The van der Waals surface area contributed by atoms with E-state index in [9.17, 15) is 4.79 Å². The van der Waals surface area contributed by atoms with Crippen LogP contribution < -0.4 is 11.1 Å². The third kappa shape index (κ3) is 2.07. The molecule has 0 saturated carbocycles. The van der Waals surface area contributed by atoms with Crippen LogP contribution in [0.1, 0.15) is 0 Å². The van der Waals surface area contributed by atoms with Gasteiger partial charge in [-0.3, -0.25) is 4.98 Å². The standard InChI is InChI=1S/C10H12N2O4/c13-4-7(5-14)11-6-1-2-8-9(3-6)16-10(15)12-8/h1-3,7,11,13-14H,4-5H2,(H,12,15). The summed E-state index contributed by atoms with van der Waals surface area (Å²) >= 11 is 0. The van der Waals surface area contributed by atoms with E-state index in [2.05, 4.69) is 10.3 Å². The van der Waals surface area contributed by atoms with Crippen LogP contribution >= 0.6 is 0 Å². The number of benzene rings is 1. The van der Waals surface area contributed by atoms with Gasteiger partial charge >= 0.3 is 5.76 Å². The van der Waals surface area contributed by atoms with Crippen LogP contribution in [0.2, 0.25) is 0 Å². The molecule has 1 aromatic heterocycles. The lowest BCUT2D eigenvalue weighted by atomic mass is 10.2. The van der Waals surface area contributed by atoms with Gasteiger partial charge in [-0.2, -0.15) is 0 Å². The molecule has 0 saturated heterocycles. The van der Waals surface area contributed by atoms with E-state index < -0.39 is 11.8 Å². The highest BCUT2D eigenvalue weighted by atomic mass is 16.4. The molecule has 0 aliphatic heterocycles. The number of aliphatic hydroxyl groups is 2. The molecule has 0 atom stereocenters. The summed E-state index contributed by atoms with van der Waals surface area (Å²) in [6, 6.07) is 4.62. The maximum absolute atomic E-state index is 10.9. The number of anilines is 1. The molecule has 86 valence electrons. The Morgan fingerprint density at radius 2 is 2.12 bits per heavy atom. The zero-order valence-corrected chi connectivity index (χ0v) is 8.43. The van der Waals surface area contributed by atoms with Gasteiger partial charge in [-0.15, -0.1) is 0 Å². The fourth-order valence-electron chi connectivity index (χ4n) is 1.42. The molecule has 0 amide bonds. The molecule has 0 bridgehead atoms. The number of aromatic amines is 1. The topological polar surface area (TPSA) is 98.5 Å². The molecule has 6 nitrogen and oxygen atoms in total. The van der Waals surface area contributed by atoms with Crippen LogP contribution in [-0.4, -0.2) is 34.5 Å². The quantitative estimate of drug-likeness (QED) is 0.580. The van der Waals surface area contributed by atoms with Crippen LogP contribution in [0, 0.1) is 0 Å². The van der Waals surface area contributed by atoms with Gasteiger partial charge in [0.05, 0.1) is 24.8 Å². The molecule has 2 rings (SSSR count). The van der Waals surface area contributed by atoms with Crippen molar-refractivity contribution in [2.75, 3.05) is 18.5 Å². The third-order valence-corrected chi connectivity index (χ3v) is 2.23. The Hall–Kier alpha value is -1.79. The number of aromatic nitrogens is 1. The summed E-state index contributed by atoms with van der Waals surface area (Å²) in [5, 5.41) is 20.7. The van der Waals surface area contributed by atoms with E-state index in [1.54, 1.807) is 18.2 Å². The highest BCUT2D eigenvalue weighted by Crippen LogP contribution is 2.16. The zero-order chi connectivity index (χ0) is 11.5. The number of rotatable bonds is 4. The predicted octanol–water partition coefficient (Wildman–Crippen LogP) is -0.114. The second kappa shape index (κ2) is 4.38. The van der Waals surface area contributed by atoms with Crippen molar-refractivity contribution in [1.82, 2.24) is 4.98 Å². The van der Waals surface area contributed by atoms with Gasteiger partial charge in [-0.05, 0) is 12.1 Å². The van der Waals surface area contributed by atoms with Crippen molar-refractivity contribution in [2.45, 2.75) is 6.04 Å². The molecule has 2 aromatic rings. The smallest absolute Gasteiger partial charge is 0.408 e. The summed E-state index contributed by atoms with van der Waals surface area (Å²) in [7, 11) is 0. The van der Waals surface area contributed by atoms with E-state index in [4.69, 9.17) is 14.6 Å². The van der Waals surface area contributed by atoms with Crippen molar-refractivity contribution in [3.05, 3.63) is 28.7 Å². The summed E-state index contributed by atoms with van der Waals surface area (Å²) in [5.41, 5.74) is 1.72. The number of hydrogen-bond donors (Lipinski definition) is 4. The van der Waals surface area contributed by atoms with Crippen LogP contribution in [-0.2, 0) is 0 Å². The summed E-state index contributed by atoms with van der Waals surface area (Å²) in [4.78, 5) is 13.4. The molecule has 1 aromatic carbocycles. The van der Waals surface area contributed by atoms with Crippen LogP contribution in [0.4, 0.5) is 5.69 Å². The largest absolute Gasteiger partial charge is 0.417 e. The lowest BCUT2D eigenvalue weighted by Gasteiger charge is -2.14. The number of aliphatic hydroxyl groups excluding tert-OH is 2. The first-order valence-corrected chi connectivity index (χ1v) is 4.84. The summed E-state index contributed by atoms with van der Waals surface area (Å²) in [6.07, 6.45) is 0. The van der Waals surface area contributed by atoms with E-state index in [0.717, 1.165) is 0 Å². The minimum Gasteiger partial charge on any atom is -0.408 e. The maximum atomic E-state index is 10.9. The van der Waals surface area contributed by atoms with Gasteiger partial charge in [0.15, 0.2) is 5.58 Å². The van der Waals surface area contributed by atoms with Gasteiger partial charge in [-0.25, -0.2) is 4.79 Å². The SMILES string of the molecule is O=c1[nH]c2ccc(NC(CO)CO)cc2o1. The van der Waals surface area contributed by atoms with Crippen molar-refractivity contribution in [1.29, 1.82) is 0 Å². The Kier molecular flexibility index (Phi) is 2.93. The number of fused-ring (bicyclic) bond motifs is 1. The Balaban J connectivity index is 2.28. The van der Waals surface area contributed by atoms with Crippen LogP contribution in [0.5, 0.6) is 0 Å². The van der Waals surface area contributed by atoms with Crippen molar-refractivity contribution < 1.29 is 14.6 Å². The Labute approximate surface area is 90.5 Å². The highest BCUT2D eigenvalue weighted by Gasteiger charge is 2.07. The molecule has 16 heavy (non-hydrogen) atoms. The number of oxazole rings is 1. The van der Waals surface area contributed by atoms with Gasteiger partial charge in [0.1, 0.15) is 0 Å². The maximum Gasteiger partial charge on any atom is 0.417 e. The zero-order valence-electron chi connectivity index (χ0n) is 8.43. The average Bonchev–Trinajstić information content (AvgIpc) is 2.65. The number of H-pyrrole nitrogens is 1. The first-order chi connectivity index (χ1) is 7.72. The Morgan fingerprint density at radius 3 is 2.81 bits per heavy atom. The predicted molar refractivity (Wildman–Crippen MR) is 58.4 cm³/mol. The lowest BCUT2D eigenvalue weighted by molar-refractivity contribution is 0.204. The highest BCUT2D eigenvalue weighted by molar-refractivity contribution is 5.76. The van der Waals surface area contributed by atoms with Crippen molar-refractivity contribution in [3.63, 3.8) is 0 Å². The first kappa shape index (κ1) is 10.7. The van der Waals surface area contributed by atoms with Crippen molar-refractivity contribution >= 4 is 16.8 Å². The fraction of sp³-hybridized carbons (Fsp3) is 0.300. The molecule has 6 heteroatoms. The molecule has 1 heterocycles. The van der Waals surface area contributed by atoms with E-state index in [0.29, 0.717) is 16.8 Å². The minimum absolute atomic E-state index is 0.175. The van der Waals surface area contributed by atoms with Gasteiger partial charge < -0.3 is 19.9 Å². The fourth-order valence-corrected chi connectivity index (χ4v) is 1.42. The first-order valence-electron chi connectivity index (χ1n) is 4.84. The van der Waals surface area contributed by atoms with Crippen LogP contribution in [0.25, 0.3) is 11.1 Å². The number of nitrogens with one attached hydrogen (secondary N) is 2. The van der Waals surface area contributed by atoms with E-state index in [1.165, 1.54) is 0 Å². The van der Waals surface area contributed by atoms with Gasteiger partial charge in [0, 0.05) is 11.8 Å². The second-order valence-electron chi connectivity index (χ2n) is 3.43. The van der Waals surface area contributed by atoms with E-state index >= 15 is 0 Å². The van der Waals surface area contributed by atoms with Gasteiger partial charge in [0.2, 0.25) is 0 Å². The Bertz CT molecular complexity index is 527. The normalized spacial score (nSPS) is 11.2. The molecule has 4 N–H and O–H groups in total. The molecule has 0 spiro atoms. The van der Waals surface area contributed by atoms with Crippen LogP contribution in [0.15, 0.2) is 27.4 Å². The van der Waals surface area contributed by atoms with Crippen molar-refractivity contribution in [3.8, 4) is 0 Å². The summed E-state index contributed by atoms with van der Waals surface area (Å²) in [5.74, 6) is -0.506. The van der Waals surface area contributed by atoms with Gasteiger partial charge in [-0.1, -0.05) is 0 Å². The monoisotopic (exact) mass is 224 g/mol. The van der Waals surface area contributed by atoms with Gasteiger partial charge in [0.25, 0.3) is 0 Å². The molecule has 0 radical (unpaired) electrons. The molecule has 0 aliphatic rings. The molecule has 0 unspecified atom stereocenters. The van der Waals surface area contributed by atoms with Crippen LogP contribution in [0.3, 0.4) is 0 Å². The molecular weight excluding hydrogens is 212 g/mol. The average molecular weight is 224 g/mol. The summed E-state index contributed by atoms with van der Waals surface area (Å²) < 4.78 is 4.88. The van der Waals surface area contributed by atoms with Crippen molar-refractivity contribution in [2.24, 2.45) is 0 Å². The number of hydrogen-bond acceptors (Lipinski definition) is 5. The third-order valence-electron chi connectivity index (χ3n) is 2.23.